The summed E-state index contributed by atoms with van der Waals surface area (Å²) in [6.07, 6.45) is -4.56. The van der Waals surface area contributed by atoms with Crippen molar-refractivity contribution in [3.05, 3.63) is 34.3 Å². The smallest absolute Gasteiger partial charge is 0.407 e. The molecule has 0 bridgehead atoms. The Morgan fingerprint density at radius 1 is 1.33 bits per heavy atom. The predicted octanol–water partition coefficient (Wildman–Crippen LogP) is 3.12. The van der Waals surface area contributed by atoms with Gasteiger partial charge in [0.25, 0.3) is 0 Å². The van der Waals surface area contributed by atoms with Crippen molar-refractivity contribution in [2.75, 3.05) is 0 Å². The molecule has 0 aliphatic rings. The van der Waals surface area contributed by atoms with Crippen LogP contribution in [0, 0.1) is 0 Å². The first kappa shape index (κ1) is 15.0. The number of rotatable bonds is 4. The van der Waals surface area contributed by atoms with Gasteiger partial charge < -0.3 is 5.11 Å². The van der Waals surface area contributed by atoms with Gasteiger partial charge in [-0.1, -0.05) is 28.1 Å². The van der Waals surface area contributed by atoms with Gasteiger partial charge in [0.05, 0.1) is 0 Å². The maximum absolute atomic E-state index is 12.9. The highest BCUT2D eigenvalue weighted by atomic mass is 79.9. The van der Waals surface area contributed by atoms with E-state index in [1.54, 1.807) is 0 Å². The number of carboxylic acids is 1. The molecule has 0 spiro atoms. The normalized spacial score (nSPS) is 15.2. The molecule has 0 unspecified atom stereocenters. The van der Waals surface area contributed by atoms with E-state index in [0.29, 0.717) is 4.47 Å². The number of carboxylic acid groups (broad SMARTS) is 1. The SMILES string of the molecule is C[C@H](N[C@H](c1ccc(Br)cc1)C(F)(F)F)C(=O)O. The number of carbonyl (C=O) groups is 1. The van der Waals surface area contributed by atoms with E-state index in [0.717, 1.165) is 0 Å². The van der Waals surface area contributed by atoms with Crippen molar-refractivity contribution < 1.29 is 23.1 Å². The summed E-state index contributed by atoms with van der Waals surface area (Å²) < 4.78 is 39.2. The van der Waals surface area contributed by atoms with Crippen molar-refractivity contribution >= 4 is 21.9 Å². The first-order valence-electron chi connectivity index (χ1n) is 5.03. The van der Waals surface area contributed by atoms with Crippen molar-refractivity contribution in [1.29, 1.82) is 0 Å². The lowest BCUT2D eigenvalue weighted by Crippen LogP contribution is -2.43. The number of hydrogen-bond acceptors (Lipinski definition) is 2. The van der Waals surface area contributed by atoms with E-state index in [-0.39, 0.29) is 5.56 Å². The molecule has 0 aliphatic carbocycles. The summed E-state index contributed by atoms with van der Waals surface area (Å²) in [6.45, 7) is 1.17. The summed E-state index contributed by atoms with van der Waals surface area (Å²) in [5.41, 5.74) is -0.0289. The number of benzene rings is 1. The highest BCUT2D eigenvalue weighted by molar-refractivity contribution is 9.10. The molecule has 1 aromatic rings. The van der Waals surface area contributed by atoms with Gasteiger partial charge in [-0.15, -0.1) is 0 Å². The Hall–Kier alpha value is -1.08. The Balaban J connectivity index is 2.99. The minimum atomic E-state index is -4.56. The van der Waals surface area contributed by atoms with Crippen molar-refractivity contribution in [3.63, 3.8) is 0 Å². The maximum Gasteiger partial charge on any atom is 0.407 e. The quantitative estimate of drug-likeness (QED) is 0.894. The monoisotopic (exact) mass is 325 g/mol. The van der Waals surface area contributed by atoms with Gasteiger partial charge in [-0.3, -0.25) is 10.1 Å². The molecule has 0 saturated carbocycles. The van der Waals surface area contributed by atoms with E-state index in [1.807, 2.05) is 0 Å². The zero-order valence-corrected chi connectivity index (χ0v) is 10.9. The van der Waals surface area contributed by atoms with E-state index >= 15 is 0 Å². The number of nitrogens with one attached hydrogen (secondary N) is 1. The summed E-state index contributed by atoms with van der Waals surface area (Å²) >= 11 is 3.12. The summed E-state index contributed by atoms with van der Waals surface area (Å²) in [7, 11) is 0. The van der Waals surface area contributed by atoms with Crippen LogP contribution in [0.1, 0.15) is 18.5 Å². The molecule has 1 rings (SSSR count). The Morgan fingerprint density at radius 3 is 2.22 bits per heavy atom. The lowest BCUT2D eigenvalue weighted by Gasteiger charge is -2.24. The molecule has 0 fully saturated rings. The van der Waals surface area contributed by atoms with E-state index in [9.17, 15) is 18.0 Å². The molecule has 3 nitrogen and oxygen atoms in total. The average molecular weight is 326 g/mol. The number of halogens is 4. The van der Waals surface area contributed by atoms with Gasteiger partial charge in [-0.2, -0.15) is 13.2 Å². The first-order chi connectivity index (χ1) is 8.21. The van der Waals surface area contributed by atoms with Crippen molar-refractivity contribution in [2.24, 2.45) is 0 Å². The van der Waals surface area contributed by atoms with Crippen molar-refractivity contribution in [2.45, 2.75) is 25.2 Å². The van der Waals surface area contributed by atoms with Crippen LogP contribution in [-0.2, 0) is 4.79 Å². The molecule has 0 heterocycles. The lowest BCUT2D eigenvalue weighted by molar-refractivity contribution is -0.162. The van der Waals surface area contributed by atoms with E-state index in [4.69, 9.17) is 5.11 Å². The minimum Gasteiger partial charge on any atom is -0.480 e. The highest BCUT2D eigenvalue weighted by Gasteiger charge is 2.42. The van der Waals surface area contributed by atoms with Crippen LogP contribution in [0.5, 0.6) is 0 Å². The third-order valence-electron chi connectivity index (χ3n) is 2.32. The van der Waals surface area contributed by atoms with Crippen LogP contribution in [0.3, 0.4) is 0 Å². The predicted molar refractivity (Wildman–Crippen MR) is 63.2 cm³/mol. The van der Waals surface area contributed by atoms with Crippen molar-refractivity contribution in [3.8, 4) is 0 Å². The molecule has 0 aliphatic heterocycles. The summed E-state index contributed by atoms with van der Waals surface area (Å²) in [5, 5.41) is 10.7. The molecule has 100 valence electrons. The fourth-order valence-corrected chi connectivity index (χ4v) is 1.62. The minimum absolute atomic E-state index is 0.0289. The van der Waals surface area contributed by atoms with Gasteiger partial charge in [0.2, 0.25) is 0 Å². The van der Waals surface area contributed by atoms with Gasteiger partial charge in [0.1, 0.15) is 12.1 Å². The molecule has 0 radical (unpaired) electrons. The second-order valence-corrected chi connectivity index (χ2v) is 4.67. The Bertz CT molecular complexity index is 419. The molecular formula is C11H11BrF3NO2. The number of hydrogen-bond donors (Lipinski definition) is 2. The van der Waals surface area contributed by atoms with Crippen LogP contribution in [0.25, 0.3) is 0 Å². The van der Waals surface area contributed by atoms with Gasteiger partial charge in [0.15, 0.2) is 0 Å². The lowest BCUT2D eigenvalue weighted by atomic mass is 10.1. The van der Waals surface area contributed by atoms with Crippen LogP contribution in [-0.4, -0.2) is 23.3 Å². The van der Waals surface area contributed by atoms with Gasteiger partial charge in [-0.05, 0) is 24.6 Å². The first-order valence-corrected chi connectivity index (χ1v) is 5.82. The van der Waals surface area contributed by atoms with Gasteiger partial charge in [0, 0.05) is 4.47 Å². The molecule has 7 heteroatoms. The Kier molecular flexibility index (Phi) is 4.75. The standard InChI is InChI=1S/C11H11BrF3NO2/c1-6(10(17)18)16-9(11(13,14)15)7-2-4-8(12)5-3-7/h2-6,9,16H,1H3,(H,17,18)/t6-,9+/m0/s1. The van der Waals surface area contributed by atoms with Crippen molar-refractivity contribution in [1.82, 2.24) is 5.32 Å². The molecule has 0 amide bonds. The fraction of sp³-hybridized carbons (Fsp3) is 0.364. The second-order valence-electron chi connectivity index (χ2n) is 3.75. The largest absolute Gasteiger partial charge is 0.480 e. The summed E-state index contributed by atoms with van der Waals surface area (Å²) in [6, 6.07) is 2.24. The summed E-state index contributed by atoms with van der Waals surface area (Å²) in [5.74, 6) is -1.33. The molecular weight excluding hydrogens is 315 g/mol. The summed E-state index contributed by atoms with van der Waals surface area (Å²) in [4.78, 5) is 10.6. The Morgan fingerprint density at radius 2 is 1.83 bits per heavy atom. The van der Waals surface area contributed by atoms with E-state index in [2.05, 4.69) is 21.2 Å². The second kappa shape index (κ2) is 5.71. The fourth-order valence-electron chi connectivity index (χ4n) is 1.36. The third-order valence-corrected chi connectivity index (χ3v) is 2.85. The molecule has 2 atom stereocenters. The molecule has 2 N–H and O–H groups in total. The topological polar surface area (TPSA) is 49.3 Å². The van der Waals surface area contributed by atoms with Crippen LogP contribution in [0.2, 0.25) is 0 Å². The number of aliphatic carboxylic acids is 1. The molecule has 18 heavy (non-hydrogen) atoms. The zero-order chi connectivity index (χ0) is 13.9. The molecule has 0 saturated heterocycles. The third kappa shape index (κ3) is 3.99. The van der Waals surface area contributed by atoms with Crippen LogP contribution in [0.15, 0.2) is 28.7 Å². The maximum atomic E-state index is 12.9. The average Bonchev–Trinajstić information content (AvgIpc) is 2.25. The van der Waals surface area contributed by atoms with E-state index < -0.39 is 24.2 Å². The highest BCUT2D eigenvalue weighted by Crippen LogP contribution is 2.33. The van der Waals surface area contributed by atoms with E-state index in [1.165, 1.54) is 31.2 Å². The zero-order valence-electron chi connectivity index (χ0n) is 9.33. The van der Waals surface area contributed by atoms with Gasteiger partial charge in [-0.25, -0.2) is 0 Å². The number of alkyl halides is 3. The van der Waals surface area contributed by atoms with Gasteiger partial charge >= 0.3 is 12.1 Å². The molecule has 1 aromatic carbocycles. The van der Waals surface area contributed by atoms with Crippen LogP contribution < -0.4 is 5.32 Å². The Labute approximate surface area is 110 Å². The van der Waals surface area contributed by atoms with Crippen LogP contribution >= 0.6 is 15.9 Å². The molecule has 0 aromatic heterocycles. The van der Waals surface area contributed by atoms with Crippen LogP contribution in [0.4, 0.5) is 13.2 Å².